The van der Waals surface area contributed by atoms with Gasteiger partial charge < -0.3 is 15.4 Å². The molecule has 0 unspecified atom stereocenters. The van der Waals surface area contributed by atoms with Crippen LogP contribution in [0, 0.1) is 0 Å². The molecule has 0 aromatic heterocycles. The summed E-state index contributed by atoms with van der Waals surface area (Å²) < 4.78 is 5.56. The van der Waals surface area contributed by atoms with Crippen molar-refractivity contribution in [1.29, 1.82) is 0 Å². The first kappa shape index (κ1) is 13.6. The molecule has 4 nitrogen and oxygen atoms in total. The van der Waals surface area contributed by atoms with E-state index >= 15 is 0 Å². The molecule has 0 spiro atoms. The van der Waals surface area contributed by atoms with Gasteiger partial charge in [-0.05, 0) is 50.6 Å². The Kier molecular flexibility index (Phi) is 4.22. The van der Waals surface area contributed by atoms with Crippen molar-refractivity contribution in [3.63, 3.8) is 0 Å². The molecule has 1 saturated heterocycles. The third-order valence-corrected chi connectivity index (χ3v) is 3.03. The maximum Gasteiger partial charge on any atom is 0.251 e. The largest absolute Gasteiger partial charge is 0.491 e. The lowest BCUT2D eigenvalue weighted by atomic mass is 10.0. The SMILES string of the molecule is CC(C(=O)Nc1ccc(OC(C)C)cc1)=C1CNC1. The maximum atomic E-state index is 12.0. The molecule has 1 aliphatic rings. The van der Waals surface area contributed by atoms with E-state index < -0.39 is 0 Å². The van der Waals surface area contributed by atoms with E-state index in [-0.39, 0.29) is 12.0 Å². The third-order valence-electron chi connectivity index (χ3n) is 3.03. The Morgan fingerprint density at radius 2 is 1.89 bits per heavy atom. The van der Waals surface area contributed by atoms with Gasteiger partial charge in [-0.15, -0.1) is 0 Å². The second kappa shape index (κ2) is 5.89. The lowest BCUT2D eigenvalue weighted by Crippen LogP contribution is -2.36. The summed E-state index contributed by atoms with van der Waals surface area (Å²) in [7, 11) is 0. The van der Waals surface area contributed by atoms with Crippen molar-refractivity contribution in [2.45, 2.75) is 26.9 Å². The normalized spacial score (nSPS) is 14.0. The molecule has 2 rings (SSSR count). The highest BCUT2D eigenvalue weighted by Crippen LogP contribution is 2.18. The quantitative estimate of drug-likeness (QED) is 0.817. The fourth-order valence-electron chi connectivity index (χ4n) is 1.79. The Hall–Kier alpha value is -1.81. The van der Waals surface area contributed by atoms with Crippen LogP contribution in [0.25, 0.3) is 0 Å². The van der Waals surface area contributed by atoms with Crippen LogP contribution in [0.4, 0.5) is 5.69 Å². The minimum Gasteiger partial charge on any atom is -0.491 e. The lowest BCUT2D eigenvalue weighted by Gasteiger charge is -2.21. The smallest absolute Gasteiger partial charge is 0.251 e. The van der Waals surface area contributed by atoms with Crippen molar-refractivity contribution in [3.05, 3.63) is 35.4 Å². The zero-order valence-electron chi connectivity index (χ0n) is 11.6. The lowest BCUT2D eigenvalue weighted by molar-refractivity contribution is -0.112. The number of nitrogens with one attached hydrogen (secondary N) is 2. The third kappa shape index (κ3) is 3.58. The molecule has 2 N–H and O–H groups in total. The first-order chi connectivity index (χ1) is 9.06. The van der Waals surface area contributed by atoms with Crippen LogP contribution in [0.2, 0.25) is 0 Å². The van der Waals surface area contributed by atoms with Gasteiger partial charge >= 0.3 is 0 Å². The van der Waals surface area contributed by atoms with E-state index in [4.69, 9.17) is 4.74 Å². The van der Waals surface area contributed by atoms with Crippen molar-refractivity contribution in [2.75, 3.05) is 18.4 Å². The van der Waals surface area contributed by atoms with Crippen molar-refractivity contribution in [1.82, 2.24) is 5.32 Å². The van der Waals surface area contributed by atoms with E-state index in [9.17, 15) is 4.79 Å². The second-order valence-electron chi connectivity index (χ2n) is 4.98. The van der Waals surface area contributed by atoms with Gasteiger partial charge in [0.05, 0.1) is 6.10 Å². The second-order valence-corrected chi connectivity index (χ2v) is 4.98. The molecule has 1 amide bonds. The first-order valence-electron chi connectivity index (χ1n) is 6.53. The molecule has 0 aliphatic carbocycles. The number of benzene rings is 1. The fourth-order valence-corrected chi connectivity index (χ4v) is 1.79. The summed E-state index contributed by atoms with van der Waals surface area (Å²) in [6.45, 7) is 7.47. The Morgan fingerprint density at radius 3 is 2.37 bits per heavy atom. The number of hydrogen-bond acceptors (Lipinski definition) is 3. The number of rotatable bonds is 4. The molecule has 1 aliphatic heterocycles. The van der Waals surface area contributed by atoms with Crippen LogP contribution >= 0.6 is 0 Å². The van der Waals surface area contributed by atoms with Crippen LogP contribution in [0.1, 0.15) is 20.8 Å². The molecule has 0 radical (unpaired) electrons. The highest BCUT2D eigenvalue weighted by atomic mass is 16.5. The van der Waals surface area contributed by atoms with Gasteiger partial charge in [-0.25, -0.2) is 0 Å². The predicted molar refractivity (Wildman–Crippen MR) is 76.4 cm³/mol. The number of hydrogen-bond donors (Lipinski definition) is 2. The molecule has 0 bridgehead atoms. The zero-order valence-corrected chi connectivity index (χ0v) is 11.6. The summed E-state index contributed by atoms with van der Waals surface area (Å²) >= 11 is 0. The summed E-state index contributed by atoms with van der Waals surface area (Å²) in [5, 5.41) is 6.02. The average molecular weight is 260 g/mol. The van der Waals surface area contributed by atoms with Gasteiger partial charge in [-0.3, -0.25) is 4.79 Å². The van der Waals surface area contributed by atoms with Crippen LogP contribution in [-0.4, -0.2) is 25.1 Å². The number of carbonyl (C=O) groups is 1. The number of anilines is 1. The van der Waals surface area contributed by atoms with E-state index in [0.717, 1.165) is 30.1 Å². The number of carbonyl (C=O) groups excluding carboxylic acids is 1. The van der Waals surface area contributed by atoms with Gasteiger partial charge in [0, 0.05) is 24.4 Å². The summed E-state index contributed by atoms with van der Waals surface area (Å²) in [6.07, 6.45) is 0.151. The summed E-state index contributed by atoms with van der Waals surface area (Å²) in [4.78, 5) is 12.0. The van der Waals surface area contributed by atoms with Crippen LogP contribution in [0.3, 0.4) is 0 Å². The molecule has 1 aromatic rings. The van der Waals surface area contributed by atoms with E-state index in [1.165, 1.54) is 5.57 Å². The van der Waals surface area contributed by atoms with Gasteiger partial charge in [0.2, 0.25) is 0 Å². The van der Waals surface area contributed by atoms with E-state index in [2.05, 4.69) is 10.6 Å². The van der Waals surface area contributed by atoms with Crippen molar-refractivity contribution in [2.24, 2.45) is 0 Å². The summed E-state index contributed by atoms with van der Waals surface area (Å²) in [5.74, 6) is 0.778. The van der Waals surface area contributed by atoms with Crippen LogP contribution < -0.4 is 15.4 Å². The van der Waals surface area contributed by atoms with Crippen molar-refractivity contribution < 1.29 is 9.53 Å². The molecule has 1 aromatic carbocycles. The first-order valence-corrected chi connectivity index (χ1v) is 6.53. The maximum absolute atomic E-state index is 12.0. The molecule has 4 heteroatoms. The minimum atomic E-state index is -0.0333. The van der Waals surface area contributed by atoms with E-state index in [1.807, 2.05) is 45.0 Å². The Morgan fingerprint density at radius 1 is 1.26 bits per heavy atom. The predicted octanol–water partition coefficient (Wildman–Crippen LogP) is 2.33. The van der Waals surface area contributed by atoms with Crippen LogP contribution in [-0.2, 0) is 4.79 Å². The average Bonchev–Trinajstić information content (AvgIpc) is 2.28. The molecule has 0 saturated carbocycles. The number of amides is 1. The molecule has 102 valence electrons. The molecular formula is C15H20N2O2. The zero-order chi connectivity index (χ0) is 13.8. The molecule has 1 heterocycles. The van der Waals surface area contributed by atoms with E-state index in [1.54, 1.807) is 0 Å². The van der Waals surface area contributed by atoms with Gasteiger partial charge in [-0.1, -0.05) is 0 Å². The molecule has 19 heavy (non-hydrogen) atoms. The Balaban J connectivity index is 1.97. The fraction of sp³-hybridized carbons (Fsp3) is 0.400. The van der Waals surface area contributed by atoms with Crippen LogP contribution in [0.15, 0.2) is 35.4 Å². The van der Waals surface area contributed by atoms with Gasteiger partial charge in [0.25, 0.3) is 5.91 Å². The highest BCUT2D eigenvalue weighted by Gasteiger charge is 2.15. The Labute approximate surface area is 113 Å². The summed E-state index contributed by atoms with van der Waals surface area (Å²) in [6, 6.07) is 7.44. The topological polar surface area (TPSA) is 50.4 Å². The Bertz CT molecular complexity index is 483. The van der Waals surface area contributed by atoms with Gasteiger partial charge in [0.15, 0.2) is 0 Å². The molecule has 0 atom stereocenters. The van der Waals surface area contributed by atoms with E-state index in [0.29, 0.717) is 0 Å². The molecule has 1 fully saturated rings. The molecular weight excluding hydrogens is 240 g/mol. The van der Waals surface area contributed by atoms with Crippen LogP contribution in [0.5, 0.6) is 5.75 Å². The standard InChI is InChI=1S/C15H20N2O2/c1-10(2)19-14-6-4-13(5-7-14)17-15(18)11(3)12-8-16-9-12/h4-7,10,16H,8-9H2,1-3H3,(H,17,18). The van der Waals surface area contributed by atoms with Crippen molar-refractivity contribution in [3.8, 4) is 5.75 Å². The minimum absolute atomic E-state index is 0.0333. The van der Waals surface area contributed by atoms with Gasteiger partial charge in [-0.2, -0.15) is 0 Å². The van der Waals surface area contributed by atoms with Crippen molar-refractivity contribution >= 4 is 11.6 Å². The number of ether oxygens (including phenoxy) is 1. The monoisotopic (exact) mass is 260 g/mol. The highest BCUT2D eigenvalue weighted by molar-refractivity contribution is 6.04. The summed E-state index contributed by atoms with van der Waals surface area (Å²) in [5.41, 5.74) is 2.77. The van der Waals surface area contributed by atoms with Gasteiger partial charge in [0.1, 0.15) is 5.75 Å².